The van der Waals surface area contributed by atoms with Crippen LogP contribution in [0.15, 0.2) is 35.4 Å². The fraction of sp³-hybridized carbons (Fsp3) is 0.0769. The molecule has 8 heteroatoms. The summed E-state index contributed by atoms with van der Waals surface area (Å²) >= 11 is 0. The van der Waals surface area contributed by atoms with Gasteiger partial charge in [0.05, 0.1) is 5.56 Å². The molecule has 0 radical (unpaired) electrons. The van der Waals surface area contributed by atoms with Crippen LogP contribution in [0.25, 0.3) is 5.65 Å². The van der Waals surface area contributed by atoms with E-state index in [4.69, 9.17) is 9.84 Å². The summed E-state index contributed by atoms with van der Waals surface area (Å²) in [5, 5.41) is 15.0. The zero-order chi connectivity index (χ0) is 15.0. The van der Waals surface area contributed by atoms with Crippen LogP contribution >= 0.6 is 0 Å². The number of rotatable bonds is 3. The lowest BCUT2D eigenvalue weighted by molar-refractivity contribution is 0.0697. The predicted molar refractivity (Wildman–Crippen MR) is 71.8 cm³/mol. The van der Waals surface area contributed by atoms with Gasteiger partial charge in [0.15, 0.2) is 5.65 Å². The van der Waals surface area contributed by atoms with Gasteiger partial charge >= 0.3 is 11.7 Å². The molecule has 0 bridgehead atoms. The van der Waals surface area contributed by atoms with Gasteiger partial charge in [0, 0.05) is 6.07 Å². The highest BCUT2D eigenvalue weighted by atomic mass is 16.5. The molecule has 0 aliphatic carbocycles. The first kappa shape index (κ1) is 12.9. The Hall–Kier alpha value is -3.16. The second kappa shape index (κ2) is 4.75. The van der Waals surface area contributed by atoms with Crippen LogP contribution in [0.1, 0.15) is 15.9 Å². The molecular formula is C13H10N4O4. The summed E-state index contributed by atoms with van der Waals surface area (Å²) in [7, 11) is 0. The van der Waals surface area contributed by atoms with Crippen molar-refractivity contribution in [2.24, 2.45) is 0 Å². The van der Waals surface area contributed by atoms with Crippen LogP contribution in [0.5, 0.6) is 11.6 Å². The quantitative estimate of drug-likeness (QED) is 0.749. The van der Waals surface area contributed by atoms with E-state index in [1.807, 2.05) is 0 Å². The highest BCUT2D eigenvalue weighted by Crippen LogP contribution is 2.24. The molecule has 106 valence electrons. The third kappa shape index (κ3) is 2.34. The van der Waals surface area contributed by atoms with E-state index in [1.54, 1.807) is 13.0 Å². The average Bonchev–Trinajstić information content (AvgIpc) is 2.82. The molecule has 0 spiro atoms. The van der Waals surface area contributed by atoms with Crippen LogP contribution in [0, 0.1) is 6.92 Å². The van der Waals surface area contributed by atoms with Gasteiger partial charge in [0.2, 0.25) is 5.88 Å². The van der Waals surface area contributed by atoms with Crippen molar-refractivity contribution in [1.29, 1.82) is 0 Å². The number of aromatic amines is 1. The normalized spacial score (nSPS) is 10.7. The second-order valence-corrected chi connectivity index (χ2v) is 4.37. The Bertz CT molecular complexity index is 897. The zero-order valence-electron chi connectivity index (χ0n) is 10.9. The molecule has 2 heterocycles. The monoisotopic (exact) mass is 286 g/mol. The fourth-order valence-electron chi connectivity index (χ4n) is 1.86. The van der Waals surface area contributed by atoms with Crippen LogP contribution in [-0.4, -0.2) is 30.7 Å². The molecule has 0 amide bonds. The zero-order valence-corrected chi connectivity index (χ0v) is 10.9. The largest absolute Gasteiger partial charge is 0.478 e. The molecular weight excluding hydrogens is 276 g/mol. The Morgan fingerprint density at radius 1 is 1.38 bits per heavy atom. The number of nitrogens with zero attached hydrogens (tertiary/aromatic N) is 3. The number of hydrogen-bond donors (Lipinski definition) is 2. The maximum Gasteiger partial charge on any atom is 0.348 e. The SMILES string of the molecule is Cc1cc(C(=O)O)ccc1Oc1cc2n[nH]c(=O)n2cn1. The minimum absolute atomic E-state index is 0.183. The number of aromatic nitrogens is 4. The molecule has 1 aromatic carbocycles. The number of fused-ring (bicyclic) bond motifs is 1. The van der Waals surface area contributed by atoms with Crippen LogP contribution in [0.4, 0.5) is 0 Å². The third-order valence-electron chi connectivity index (χ3n) is 2.92. The molecule has 0 unspecified atom stereocenters. The Morgan fingerprint density at radius 2 is 2.19 bits per heavy atom. The molecule has 0 saturated heterocycles. The van der Waals surface area contributed by atoms with Gasteiger partial charge in [0.25, 0.3) is 0 Å². The number of H-pyrrole nitrogens is 1. The summed E-state index contributed by atoms with van der Waals surface area (Å²) in [4.78, 5) is 26.2. The molecule has 2 aromatic heterocycles. The summed E-state index contributed by atoms with van der Waals surface area (Å²) in [6.45, 7) is 1.74. The van der Waals surface area contributed by atoms with E-state index in [-0.39, 0.29) is 17.1 Å². The maximum absolute atomic E-state index is 11.3. The number of hydrogen-bond acceptors (Lipinski definition) is 5. The van der Waals surface area contributed by atoms with Gasteiger partial charge in [-0.05, 0) is 30.7 Å². The molecule has 0 saturated carbocycles. The smallest absolute Gasteiger partial charge is 0.348 e. The summed E-state index contributed by atoms with van der Waals surface area (Å²) in [6, 6.07) is 6.02. The molecule has 0 atom stereocenters. The molecule has 8 nitrogen and oxygen atoms in total. The molecule has 0 aliphatic heterocycles. The standard InChI is InChI=1S/C13H10N4O4/c1-7-4-8(12(18)19)2-3-9(7)21-11-5-10-15-16-13(20)17(10)6-14-11/h2-6H,1H3,(H,16,20)(H,18,19). The van der Waals surface area contributed by atoms with Crippen molar-refractivity contribution in [2.45, 2.75) is 6.92 Å². The Labute approximate surface area is 117 Å². The Balaban J connectivity index is 1.94. The van der Waals surface area contributed by atoms with Gasteiger partial charge in [-0.15, -0.1) is 0 Å². The van der Waals surface area contributed by atoms with Gasteiger partial charge in [-0.3, -0.25) is 0 Å². The number of nitrogens with one attached hydrogen (secondary N) is 1. The van der Waals surface area contributed by atoms with E-state index in [0.717, 1.165) is 0 Å². The lowest BCUT2D eigenvalue weighted by Gasteiger charge is -2.08. The number of benzene rings is 1. The van der Waals surface area contributed by atoms with Crippen LogP contribution in [-0.2, 0) is 0 Å². The van der Waals surface area contributed by atoms with Gasteiger partial charge in [-0.2, -0.15) is 5.10 Å². The van der Waals surface area contributed by atoms with Gasteiger partial charge in [0.1, 0.15) is 12.1 Å². The molecule has 3 aromatic rings. The minimum atomic E-state index is -1.000. The van der Waals surface area contributed by atoms with Crippen LogP contribution in [0.2, 0.25) is 0 Å². The molecule has 21 heavy (non-hydrogen) atoms. The molecule has 3 rings (SSSR count). The number of ether oxygens (including phenoxy) is 1. The van der Waals surface area contributed by atoms with E-state index in [1.165, 1.54) is 28.9 Å². The van der Waals surface area contributed by atoms with Gasteiger partial charge in [-0.25, -0.2) is 24.1 Å². The number of carboxylic acids is 1. The maximum atomic E-state index is 11.3. The van der Waals surface area contributed by atoms with E-state index in [2.05, 4.69) is 15.2 Å². The third-order valence-corrected chi connectivity index (χ3v) is 2.92. The van der Waals surface area contributed by atoms with Crippen molar-refractivity contribution < 1.29 is 14.6 Å². The van der Waals surface area contributed by atoms with Crippen molar-refractivity contribution in [2.75, 3.05) is 0 Å². The Kier molecular flexibility index (Phi) is 2.90. The van der Waals surface area contributed by atoms with E-state index in [9.17, 15) is 9.59 Å². The minimum Gasteiger partial charge on any atom is -0.478 e. The predicted octanol–water partition coefficient (Wildman–Crippen LogP) is 1.22. The van der Waals surface area contributed by atoms with Crippen molar-refractivity contribution >= 4 is 11.6 Å². The Morgan fingerprint density at radius 3 is 2.90 bits per heavy atom. The lowest BCUT2D eigenvalue weighted by Crippen LogP contribution is -2.09. The number of aromatic carboxylic acids is 1. The van der Waals surface area contributed by atoms with Gasteiger partial charge in [-0.1, -0.05) is 0 Å². The summed E-state index contributed by atoms with van der Waals surface area (Å²) in [6.07, 6.45) is 1.30. The highest BCUT2D eigenvalue weighted by Gasteiger charge is 2.09. The van der Waals surface area contributed by atoms with Crippen molar-refractivity contribution in [3.05, 3.63) is 52.2 Å². The van der Waals surface area contributed by atoms with E-state index in [0.29, 0.717) is 17.0 Å². The summed E-state index contributed by atoms with van der Waals surface area (Å²) < 4.78 is 6.83. The first-order valence-corrected chi connectivity index (χ1v) is 5.99. The van der Waals surface area contributed by atoms with E-state index < -0.39 is 5.97 Å². The topological polar surface area (TPSA) is 110 Å². The number of aryl methyl sites for hydroxylation is 1. The number of carbonyl (C=O) groups is 1. The molecule has 0 aliphatic rings. The summed E-state index contributed by atoms with van der Waals surface area (Å²) in [5.74, 6) is -0.262. The van der Waals surface area contributed by atoms with Crippen molar-refractivity contribution in [3.8, 4) is 11.6 Å². The first-order chi connectivity index (χ1) is 10.0. The molecule has 0 fully saturated rings. The highest BCUT2D eigenvalue weighted by molar-refractivity contribution is 5.88. The van der Waals surface area contributed by atoms with Crippen molar-refractivity contribution in [3.63, 3.8) is 0 Å². The summed E-state index contributed by atoms with van der Waals surface area (Å²) in [5.41, 5.74) is 0.842. The first-order valence-electron chi connectivity index (χ1n) is 5.99. The van der Waals surface area contributed by atoms with Crippen molar-refractivity contribution in [1.82, 2.24) is 19.6 Å². The number of carboxylic acid groups (broad SMARTS) is 1. The van der Waals surface area contributed by atoms with Crippen LogP contribution in [0.3, 0.4) is 0 Å². The fourth-order valence-corrected chi connectivity index (χ4v) is 1.86. The average molecular weight is 286 g/mol. The van der Waals surface area contributed by atoms with Crippen LogP contribution < -0.4 is 10.4 Å². The van der Waals surface area contributed by atoms with E-state index >= 15 is 0 Å². The molecule has 2 N–H and O–H groups in total. The van der Waals surface area contributed by atoms with Gasteiger partial charge < -0.3 is 9.84 Å². The second-order valence-electron chi connectivity index (χ2n) is 4.37. The lowest BCUT2D eigenvalue weighted by atomic mass is 10.1.